The highest BCUT2D eigenvalue weighted by molar-refractivity contribution is 8.00. The van der Waals surface area contributed by atoms with Gasteiger partial charge in [0.15, 0.2) is 11.5 Å². The second-order valence-electron chi connectivity index (χ2n) is 6.21. The number of carbonyl (C=O) groups is 3. The smallest absolute Gasteiger partial charge is 0.269 e. The molecule has 0 heterocycles. The lowest BCUT2D eigenvalue weighted by Crippen LogP contribution is -2.44. The Morgan fingerprint density at radius 3 is 2.33 bits per heavy atom. The summed E-state index contributed by atoms with van der Waals surface area (Å²) >= 11 is 1.33. The molecule has 0 aromatic heterocycles. The van der Waals surface area contributed by atoms with Crippen LogP contribution < -0.4 is 25.6 Å². The van der Waals surface area contributed by atoms with Gasteiger partial charge in [-0.1, -0.05) is 0 Å². The minimum atomic E-state index is -0.471. The first-order valence-electron chi connectivity index (χ1n) is 9.29. The average molecular weight is 432 g/mol. The molecule has 0 bridgehead atoms. The molecular formula is C21H25N3O5S. The van der Waals surface area contributed by atoms with Gasteiger partial charge in [-0.25, -0.2) is 0 Å². The average Bonchev–Trinajstić information content (AvgIpc) is 2.73. The van der Waals surface area contributed by atoms with Crippen molar-refractivity contribution in [2.45, 2.75) is 30.9 Å². The molecule has 0 fully saturated rings. The molecule has 0 spiro atoms. The molecule has 9 heteroatoms. The molecule has 2 aromatic carbocycles. The van der Waals surface area contributed by atoms with Crippen molar-refractivity contribution in [3.8, 4) is 11.5 Å². The maximum Gasteiger partial charge on any atom is 0.269 e. The van der Waals surface area contributed by atoms with Gasteiger partial charge in [0.1, 0.15) is 0 Å². The van der Waals surface area contributed by atoms with Crippen LogP contribution in [-0.2, 0) is 9.59 Å². The molecule has 30 heavy (non-hydrogen) atoms. The van der Waals surface area contributed by atoms with Gasteiger partial charge < -0.3 is 14.8 Å². The van der Waals surface area contributed by atoms with Crippen molar-refractivity contribution < 1.29 is 23.9 Å². The third-order valence-electron chi connectivity index (χ3n) is 3.88. The highest BCUT2D eigenvalue weighted by Crippen LogP contribution is 2.28. The van der Waals surface area contributed by atoms with E-state index in [4.69, 9.17) is 9.47 Å². The normalized spacial score (nSPS) is 11.2. The van der Waals surface area contributed by atoms with Crippen LogP contribution in [0.3, 0.4) is 0 Å². The Labute approximate surface area is 179 Å². The number of ether oxygens (including phenoxy) is 2. The van der Waals surface area contributed by atoms with E-state index in [0.29, 0.717) is 29.4 Å². The molecule has 0 radical (unpaired) electrons. The van der Waals surface area contributed by atoms with Crippen LogP contribution in [0.5, 0.6) is 11.5 Å². The first kappa shape index (κ1) is 23.1. The van der Waals surface area contributed by atoms with Crippen LogP contribution in [0.1, 0.15) is 31.1 Å². The largest absolute Gasteiger partial charge is 0.493 e. The van der Waals surface area contributed by atoms with Crippen LogP contribution in [0.25, 0.3) is 0 Å². The van der Waals surface area contributed by atoms with E-state index in [9.17, 15) is 14.4 Å². The number of benzene rings is 2. The summed E-state index contributed by atoms with van der Waals surface area (Å²) in [6.07, 6.45) is 0. The number of amides is 3. The van der Waals surface area contributed by atoms with E-state index in [1.165, 1.54) is 25.8 Å². The lowest BCUT2D eigenvalue weighted by atomic mass is 10.2. The van der Waals surface area contributed by atoms with E-state index >= 15 is 0 Å². The van der Waals surface area contributed by atoms with Gasteiger partial charge >= 0.3 is 0 Å². The van der Waals surface area contributed by atoms with Crippen LogP contribution in [-0.4, -0.2) is 36.7 Å². The summed E-state index contributed by atoms with van der Waals surface area (Å²) in [5, 5.41) is 2.23. The highest BCUT2D eigenvalue weighted by Gasteiger charge is 2.16. The molecule has 0 aliphatic heterocycles. The summed E-state index contributed by atoms with van der Waals surface area (Å²) < 4.78 is 10.7. The first-order chi connectivity index (χ1) is 14.3. The van der Waals surface area contributed by atoms with Crippen molar-refractivity contribution >= 4 is 35.2 Å². The molecule has 1 unspecified atom stereocenters. The summed E-state index contributed by atoms with van der Waals surface area (Å²) in [4.78, 5) is 36.6. The van der Waals surface area contributed by atoms with Crippen LogP contribution in [0.15, 0.2) is 47.4 Å². The zero-order valence-electron chi connectivity index (χ0n) is 17.3. The topological polar surface area (TPSA) is 106 Å². The third kappa shape index (κ3) is 6.70. The van der Waals surface area contributed by atoms with Gasteiger partial charge in [0.25, 0.3) is 11.8 Å². The fourth-order valence-corrected chi connectivity index (χ4v) is 3.32. The summed E-state index contributed by atoms with van der Waals surface area (Å²) in [5.41, 5.74) is 5.84. The molecule has 8 nitrogen and oxygen atoms in total. The maximum absolute atomic E-state index is 12.3. The zero-order valence-corrected chi connectivity index (χ0v) is 18.1. The molecule has 1 atom stereocenters. The Balaban J connectivity index is 1.89. The van der Waals surface area contributed by atoms with Crippen molar-refractivity contribution in [1.29, 1.82) is 0 Å². The predicted molar refractivity (Wildman–Crippen MR) is 116 cm³/mol. The minimum Gasteiger partial charge on any atom is -0.493 e. The van der Waals surface area contributed by atoms with Crippen molar-refractivity contribution in [1.82, 2.24) is 10.9 Å². The van der Waals surface area contributed by atoms with E-state index in [1.807, 2.05) is 19.1 Å². The quantitative estimate of drug-likeness (QED) is 0.438. The van der Waals surface area contributed by atoms with Gasteiger partial charge in [0, 0.05) is 23.1 Å². The van der Waals surface area contributed by atoms with E-state index in [1.54, 1.807) is 37.3 Å². The predicted octanol–water partition coefficient (Wildman–Crippen LogP) is 2.99. The van der Waals surface area contributed by atoms with Crippen molar-refractivity contribution in [3.05, 3.63) is 48.0 Å². The van der Waals surface area contributed by atoms with Crippen molar-refractivity contribution in [2.24, 2.45) is 0 Å². The van der Waals surface area contributed by atoms with Crippen LogP contribution in [0.4, 0.5) is 5.69 Å². The number of carbonyl (C=O) groups excluding carboxylic acids is 3. The van der Waals surface area contributed by atoms with E-state index in [2.05, 4.69) is 16.2 Å². The van der Waals surface area contributed by atoms with E-state index < -0.39 is 11.2 Å². The second-order valence-corrected chi connectivity index (χ2v) is 7.62. The third-order valence-corrected chi connectivity index (χ3v) is 4.99. The van der Waals surface area contributed by atoms with Gasteiger partial charge in [0.2, 0.25) is 5.91 Å². The van der Waals surface area contributed by atoms with Crippen molar-refractivity contribution in [3.63, 3.8) is 0 Å². The Hall–Kier alpha value is -3.20. The van der Waals surface area contributed by atoms with Gasteiger partial charge in [-0.3, -0.25) is 25.2 Å². The number of rotatable bonds is 8. The highest BCUT2D eigenvalue weighted by atomic mass is 32.2. The fraction of sp³-hybridized carbons (Fsp3) is 0.286. The Morgan fingerprint density at radius 2 is 1.73 bits per heavy atom. The number of thioether (sulfide) groups is 1. The van der Waals surface area contributed by atoms with Gasteiger partial charge in [-0.05, 0) is 56.3 Å². The number of methoxy groups -OCH3 is 1. The molecule has 3 N–H and O–H groups in total. The van der Waals surface area contributed by atoms with Gasteiger partial charge in [-0.2, -0.15) is 0 Å². The number of hydrogen-bond acceptors (Lipinski definition) is 6. The lowest BCUT2D eigenvalue weighted by Gasteiger charge is -2.14. The Morgan fingerprint density at radius 1 is 1.03 bits per heavy atom. The molecule has 3 amide bonds. The summed E-state index contributed by atoms with van der Waals surface area (Å²) in [6, 6.07) is 11.9. The maximum atomic E-state index is 12.3. The molecule has 0 saturated carbocycles. The monoisotopic (exact) mass is 431 g/mol. The number of anilines is 1. The number of hydrazine groups is 1. The lowest BCUT2D eigenvalue weighted by molar-refractivity contribution is -0.121. The van der Waals surface area contributed by atoms with Crippen LogP contribution >= 0.6 is 11.8 Å². The van der Waals surface area contributed by atoms with Gasteiger partial charge in [-0.15, -0.1) is 11.8 Å². The van der Waals surface area contributed by atoms with E-state index in [0.717, 1.165) is 4.90 Å². The Kier molecular flexibility index (Phi) is 8.54. The molecule has 0 aliphatic rings. The molecular weight excluding hydrogens is 406 g/mol. The molecule has 2 rings (SSSR count). The second kappa shape index (κ2) is 11.1. The SMILES string of the molecule is CCOc1ccc(C(=O)NNC(=O)C(C)Sc2ccc(NC(C)=O)cc2)cc1OC. The fourth-order valence-electron chi connectivity index (χ4n) is 2.45. The number of nitrogens with one attached hydrogen (secondary N) is 3. The number of hydrogen-bond donors (Lipinski definition) is 3. The van der Waals surface area contributed by atoms with Gasteiger partial charge in [0.05, 0.1) is 19.0 Å². The van der Waals surface area contributed by atoms with Crippen LogP contribution in [0, 0.1) is 0 Å². The minimum absolute atomic E-state index is 0.149. The summed E-state index contributed by atoms with van der Waals surface area (Å²) in [5.74, 6) is 0.000348. The molecule has 0 aliphatic carbocycles. The Bertz CT molecular complexity index is 902. The summed E-state index contributed by atoms with van der Waals surface area (Å²) in [7, 11) is 1.49. The molecule has 160 valence electrons. The zero-order chi connectivity index (χ0) is 22.1. The van der Waals surface area contributed by atoms with Crippen molar-refractivity contribution in [2.75, 3.05) is 19.0 Å². The molecule has 2 aromatic rings. The molecule has 0 saturated heterocycles. The summed E-state index contributed by atoms with van der Waals surface area (Å²) in [6.45, 7) is 5.50. The van der Waals surface area contributed by atoms with E-state index in [-0.39, 0.29) is 11.8 Å². The standard InChI is InChI=1S/C21H25N3O5S/c1-5-29-18-11-6-15(12-19(18)28-4)21(27)24-23-20(26)13(2)30-17-9-7-16(8-10-17)22-14(3)25/h6-13H,5H2,1-4H3,(H,22,25)(H,23,26)(H,24,27). The first-order valence-corrected chi connectivity index (χ1v) is 10.2. The van der Waals surface area contributed by atoms with Crippen LogP contribution in [0.2, 0.25) is 0 Å².